The molecule has 0 unspecified atom stereocenters. The molecular formula is C19H24F2N2S. The third kappa shape index (κ3) is 4.85. The van der Waals surface area contributed by atoms with Crippen LogP contribution in [0.4, 0.5) is 8.78 Å². The van der Waals surface area contributed by atoms with Crippen LogP contribution in [0.5, 0.6) is 0 Å². The van der Waals surface area contributed by atoms with Crippen molar-refractivity contribution >= 4 is 11.3 Å². The van der Waals surface area contributed by atoms with Crippen LogP contribution < -0.4 is 0 Å². The lowest BCUT2D eigenvalue weighted by Crippen LogP contribution is -2.37. The smallest absolute Gasteiger partial charge is 0.159 e. The summed E-state index contributed by atoms with van der Waals surface area (Å²) in [6.45, 7) is 4.88. The fraction of sp³-hybridized carbons (Fsp3) is 0.474. The second kappa shape index (κ2) is 8.19. The summed E-state index contributed by atoms with van der Waals surface area (Å²) in [5.74, 6) is -0.807. The summed E-state index contributed by atoms with van der Waals surface area (Å²) in [6, 6.07) is 6.40. The molecule has 2 aromatic rings. The Bertz CT molecular complexity index is 637. The van der Waals surface area contributed by atoms with Gasteiger partial charge in [0.15, 0.2) is 11.6 Å². The molecule has 0 spiro atoms. The molecule has 5 heteroatoms. The molecule has 1 fully saturated rings. The number of hydrogen-bond acceptors (Lipinski definition) is 3. The zero-order chi connectivity index (χ0) is 16.9. The zero-order valence-corrected chi connectivity index (χ0v) is 14.9. The highest BCUT2D eigenvalue weighted by Crippen LogP contribution is 2.21. The molecule has 3 rings (SSSR count). The van der Waals surface area contributed by atoms with Crippen LogP contribution in [0.25, 0.3) is 0 Å². The molecule has 2 heterocycles. The Morgan fingerprint density at radius 3 is 2.58 bits per heavy atom. The number of hydrogen-bond donors (Lipinski definition) is 0. The summed E-state index contributed by atoms with van der Waals surface area (Å²) in [5.41, 5.74) is 2.24. The summed E-state index contributed by atoms with van der Waals surface area (Å²) in [6.07, 6.45) is 2.33. The predicted octanol–water partition coefficient (Wildman–Crippen LogP) is 4.37. The Labute approximate surface area is 146 Å². The van der Waals surface area contributed by atoms with Crippen molar-refractivity contribution < 1.29 is 8.78 Å². The SMILES string of the molecule is CN(Cc1ccsc1)CC1CCN(Cc2ccc(F)c(F)c2)CC1. The highest BCUT2D eigenvalue weighted by Gasteiger charge is 2.20. The summed E-state index contributed by atoms with van der Waals surface area (Å²) in [4.78, 5) is 4.74. The number of rotatable bonds is 6. The molecule has 1 saturated heterocycles. The Morgan fingerprint density at radius 1 is 1.12 bits per heavy atom. The van der Waals surface area contributed by atoms with E-state index in [1.807, 2.05) is 0 Å². The summed E-state index contributed by atoms with van der Waals surface area (Å²) < 4.78 is 26.3. The van der Waals surface area contributed by atoms with E-state index in [2.05, 4.69) is 33.7 Å². The quantitative estimate of drug-likeness (QED) is 0.763. The van der Waals surface area contributed by atoms with Crippen molar-refractivity contribution in [2.45, 2.75) is 25.9 Å². The van der Waals surface area contributed by atoms with Crippen molar-refractivity contribution in [1.29, 1.82) is 0 Å². The fourth-order valence-electron chi connectivity index (χ4n) is 3.42. The van der Waals surface area contributed by atoms with Gasteiger partial charge in [-0.05, 0) is 79.0 Å². The van der Waals surface area contributed by atoms with Crippen LogP contribution in [-0.4, -0.2) is 36.5 Å². The average Bonchev–Trinajstić information content (AvgIpc) is 3.06. The number of benzene rings is 1. The third-order valence-electron chi connectivity index (χ3n) is 4.70. The molecule has 0 saturated carbocycles. The van der Waals surface area contributed by atoms with E-state index in [9.17, 15) is 8.78 Å². The molecule has 1 aromatic carbocycles. The first-order chi connectivity index (χ1) is 11.6. The standard InChI is InChI=1S/C19H24F2N2S/c1-22(12-17-6-9-24-14-17)11-15-4-7-23(8-5-15)13-16-2-3-18(20)19(21)10-16/h2-3,6,9-10,14-15H,4-5,7-8,11-13H2,1H3. The number of nitrogens with zero attached hydrogens (tertiary/aromatic N) is 2. The molecule has 2 nitrogen and oxygen atoms in total. The molecule has 0 radical (unpaired) electrons. The van der Waals surface area contributed by atoms with Gasteiger partial charge in [-0.2, -0.15) is 11.3 Å². The fourth-order valence-corrected chi connectivity index (χ4v) is 4.08. The minimum atomic E-state index is -0.772. The van der Waals surface area contributed by atoms with Gasteiger partial charge in [0.25, 0.3) is 0 Å². The second-order valence-corrected chi connectivity index (χ2v) is 7.58. The normalized spacial score (nSPS) is 16.8. The molecule has 1 aliphatic heterocycles. The van der Waals surface area contributed by atoms with E-state index in [4.69, 9.17) is 0 Å². The molecule has 130 valence electrons. The first kappa shape index (κ1) is 17.5. The summed E-state index contributed by atoms with van der Waals surface area (Å²) in [5, 5.41) is 4.33. The van der Waals surface area contributed by atoms with E-state index in [1.165, 1.54) is 17.7 Å². The zero-order valence-electron chi connectivity index (χ0n) is 14.0. The van der Waals surface area contributed by atoms with E-state index in [1.54, 1.807) is 17.4 Å². The van der Waals surface area contributed by atoms with Gasteiger partial charge < -0.3 is 4.90 Å². The summed E-state index contributed by atoms with van der Waals surface area (Å²) in [7, 11) is 2.19. The second-order valence-electron chi connectivity index (χ2n) is 6.80. The van der Waals surface area contributed by atoms with Gasteiger partial charge in [0.2, 0.25) is 0 Å². The van der Waals surface area contributed by atoms with E-state index < -0.39 is 11.6 Å². The highest BCUT2D eigenvalue weighted by molar-refractivity contribution is 7.07. The summed E-state index contributed by atoms with van der Waals surface area (Å²) >= 11 is 1.75. The van der Waals surface area contributed by atoms with Gasteiger partial charge in [-0.25, -0.2) is 8.78 Å². The molecule has 0 bridgehead atoms. The maximum atomic E-state index is 13.3. The van der Waals surface area contributed by atoms with Crippen LogP contribution >= 0.6 is 11.3 Å². The lowest BCUT2D eigenvalue weighted by Gasteiger charge is -2.34. The van der Waals surface area contributed by atoms with Gasteiger partial charge in [-0.15, -0.1) is 0 Å². The average molecular weight is 350 g/mol. The van der Waals surface area contributed by atoms with Crippen LogP contribution in [0.2, 0.25) is 0 Å². The molecule has 0 atom stereocenters. The minimum absolute atomic E-state index is 0.703. The maximum Gasteiger partial charge on any atom is 0.159 e. The Hall–Kier alpha value is -1.30. The molecule has 0 amide bonds. The van der Waals surface area contributed by atoms with Gasteiger partial charge in [0, 0.05) is 19.6 Å². The predicted molar refractivity (Wildman–Crippen MR) is 95.0 cm³/mol. The van der Waals surface area contributed by atoms with Gasteiger partial charge >= 0.3 is 0 Å². The molecular weight excluding hydrogens is 326 g/mol. The Kier molecular flexibility index (Phi) is 5.98. The number of piperidine rings is 1. The Balaban J connectivity index is 1.42. The van der Waals surface area contributed by atoms with E-state index in [-0.39, 0.29) is 0 Å². The number of halogens is 2. The van der Waals surface area contributed by atoms with Crippen molar-refractivity contribution in [3.8, 4) is 0 Å². The first-order valence-electron chi connectivity index (χ1n) is 8.46. The Morgan fingerprint density at radius 2 is 1.92 bits per heavy atom. The van der Waals surface area contributed by atoms with Crippen LogP contribution in [0.1, 0.15) is 24.0 Å². The number of thiophene rings is 1. The molecule has 1 aliphatic rings. The lowest BCUT2D eigenvalue weighted by molar-refractivity contribution is 0.147. The maximum absolute atomic E-state index is 13.3. The van der Waals surface area contributed by atoms with Gasteiger partial charge in [0.1, 0.15) is 0 Å². The van der Waals surface area contributed by atoms with Gasteiger partial charge in [-0.1, -0.05) is 6.07 Å². The minimum Gasteiger partial charge on any atom is -0.302 e. The molecule has 0 N–H and O–H groups in total. The molecule has 0 aliphatic carbocycles. The van der Waals surface area contributed by atoms with Crippen molar-refractivity contribution in [1.82, 2.24) is 9.80 Å². The van der Waals surface area contributed by atoms with E-state index in [0.717, 1.165) is 50.5 Å². The monoisotopic (exact) mass is 350 g/mol. The van der Waals surface area contributed by atoms with Crippen molar-refractivity contribution in [3.05, 3.63) is 57.8 Å². The van der Waals surface area contributed by atoms with Crippen molar-refractivity contribution in [3.63, 3.8) is 0 Å². The van der Waals surface area contributed by atoms with Gasteiger partial charge in [0.05, 0.1) is 0 Å². The highest BCUT2D eigenvalue weighted by atomic mass is 32.1. The van der Waals surface area contributed by atoms with Crippen molar-refractivity contribution in [2.75, 3.05) is 26.7 Å². The third-order valence-corrected chi connectivity index (χ3v) is 5.43. The first-order valence-corrected chi connectivity index (χ1v) is 9.40. The van der Waals surface area contributed by atoms with Crippen LogP contribution in [-0.2, 0) is 13.1 Å². The molecule has 1 aromatic heterocycles. The van der Waals surface area contributed by atoms with Crippen LogP contribution in [0.15, 0.2) is 35.0 Å². The topological polar surface area (TPSA) is 6.48 Å². The van der Waals surface area contributed by atoms with E-state index >= 15 is 0 Å². The van der Waals surface area contributed by atoms with Gasteiger partial charge in [-0.3, -0.25) is 4.90 Å². The van der Waals surface area contributed by atoms with E-state index in [0.29, 0.717) is 6.54 Å². The molecule has 24 heavy (non-hydrogen) atoms. The van der Waals surface area contributed by atoms with Crippen molar-refractivity contribution in [2.24, 2.45) is 5.92 Å². The van der Waals surface area contributed by atoms with Crippen LogP contribution in [0.3, 0.4) is 0 Å². The largest absolute Gasteiger partial charge is 0.302 e. The van der Waals surface area contributed by atoms with Crippen LogP contribution in [0, 0.1) is 17.6 Å². The number of likely N-dealkylation sites (tertiary alicyclic amines) is 1. The lowest BCUT2D eigenvalue weighted by atomic mass is 9.96.